The van der Waals surface area contributed by atoms with Gasteiger partial charge in [0.1, 0.15) is 5.82 Å². The second-order valence-electron chi connectivity index (χ2n) is 6.72. The number of rotatable bonds is 6. The molecule has 2 amide bonds. The highest BCUT2D eigenvalue weighted by Gasteiger charge is 2.23. The summed E-state index contributed by atoms with van der Waals surface area (Å²) in [4.78, 5) is 24.1. The van der Waals surface area contributed by atoms with Crippen LogP contribution in [0.3, 0.4) is 0 Å². The van der Waals surface area contributed by atoms with Gasteiger partial charge in [-0.15, -0.1) is 10.2 Å². The lowest BCUT2D eigenvalue weighted by Crippen LogP contribution is -2.42. The lowest BCUT2D eigenvalue weighted by Gasteiger charge is -2.21. The average molecular weight is 422 g/mol. The Morgan fingerprint density at radius 2 is 1.86 bits per heavy atom. The Hall–Kier alpha value is -2.06. The molecule has 1 aromatic carbocycles. The third-order valence-corrected chi connectivity index (χ3v) is 6.00. The van der Waals surface area contributed by atoms with Crippen LogP contribution in [0.25, 0.3) is 0 Å². The maximum atomic E-state index is 12.1. The molecule has 0 bridgehead atoms. The second-order valence-corrected chi connectivity index (χ2v) is 8.10. The van der Waals surface area contributed by atoms with Crippen LogP contribution in [0.1, 0.15) is 61.1 Å². The number of nitrogens with one attached hydrogen (secondary N) is 2. The van der Waals surface area contributed by atoms with E-state index in [4.69, 9.17) is 11.6 Å². The first-order chi connectivity index (χ1) is 13.6. The predicted molar refractivity (Wildman–Crippen MR) is 109 cm³/mol. The zero-order valence-electron chi connectivity index (χ0n) is 15.8. The van der Waals surface area contributed by atoms with Crippen molar-refractivity contribution in [3.8, 4) is 0 Å². The Bertz CT molecular complexity index is 818. The topological polar surface area (TPSA) is 88.9 Å². The standard InChI is InChI=1S/C19H24ClN5O2S/c1-2-25-17(13-6-4-3-5-7-13)22-24-19(25)28-12-16(26)21-23-18(27)14-8-10-15(20)11-9-14/h8-11,13H,2-7,12H2,1H3,(H,21,26)(H,23,27). The van der Waals surface area contributed by atoms with Crippen molar-refractivity contribution in [3.63, 3.8) is 0 Å². The average Bonchev–Trinajstić information content (AvgIpc) is 3.14. The highest BCUT2D eigenvalue weighted by atomic mass is 35.5. The van der Waals surface area contributed by atoms with Crippen LogP contribution in [0.15, 0.2) is 29.4 Å². The summed E-state index contributed by atoms with van der Waals surface area (Å²) < 4.78 is 2.10. The number of hydrogen-bond acceptors (Lipinski definition) is 5. The number of carbonyl (C=O) groups excluding carboxylic acids is 2. The molecule has 1 aliphatic carbocycles. The van der Waals surface area contributed by atoms with E-state index in [1.54, 1.807) is 24.3 Å². The van der Waals surface area contributed by atoms with E-state index in [2.05, 4.69) is 32.5 Å². The Labute approximate surface area is 173 Å². The Morgan fingerprint density at radius 3 is 2.54 bits per heavy atom. The number of aromatic nitrogens is 3. The molecule has 1 saturated carbocycles. The Morgan fingerprint density at radius 1 is 1.14 bits per heavy atom. The molecular formula is C19H24ClN5O2S. The highest BCUT2D eigenvalue weighted by Crippen LogP contribution is 2.33. The lowest BCUT2D eigenvalue weighted by molar-refractivity contribution is -0.119. The normalized spacial score (nSPS) is 14.6. The van der Waals surface area contributed by atoms with Gasteiger partial charge in [-0.05, 0) is 44.0 Å². The van der Waals surface area contributed by atoms with E-state index < -0.39 is 5.91 Å². The van der Waals surface area contributed by atoms with E-state index in [0.29, 0.717) is 16.5 Å². The maximum absolute atomic E-state index is 12.1. The van der Waals surface area contributed by atoms with Gasteiger partial charge in [-0.25, -0.2) is 0 Å². The summed E-state index contributed by atoms with van der Waals surface area (Å²) in [5.74, 6) is 0.927. The molecular weight excluding hydrogens is 398 g/mol. The first kappa shape index (κ1) is 20.7. The predicted octanol–water partition coefficient (Wildman–Crippen LogP) is 3.55. The molecule has 28 heavy (non-hydrogen) atoms. The van der Waals surface area contributed by atoms with E-state index >= 15 is 0 Å². The van der Waals surface area contributed by atoms with Gasteiger partial charge in [0.15, 0.2) is 5.16 Å². The largest absolute Gasteiger partial charge is 0.306 e. The van der Waals surface area contributed by atoms with Gasteiger partial charge < -0.3 is 4.57 Å². The molecule has 2 aromatic rings. The molecule has 1 fully saturated rings. The van der Waals surface area contributed by atoms with Crippen LogP contribution in [-0.2, 0) is 11.3 Å². The molecule has 0 unspecified atom stereocenters. The zero-order valence-corrected chi connectivity index (χ0v) is 17.4. The van der Waals surface area contributed by atoms with E-state index in [0.717, 1.165) is 30.4 Å². The van der Waals surface area contributed by atoms with Crippen molar-refractivity contribution in [2.24, 2.45) is 0 Å². The lowest BCUT2D eigenvalue weighted by atomic mass is 9.89. The van der Waals surface area contributed by atoms with Gasteiger partial charge in [-0.1, -0.05) is 42.6 Å². The Balaban J connectivity index is 1.51. The number of benzene rings is 1. The quantitative estimate of drug-likeness (QED) is 0.550. The Kier molecular flexibility index (Phi) is 7.33. The first-order valence-corrected chi connectivity index (χ1v) is 10.9. The smallest absolute Gasteiger partial charge is 0.269 e. The van der Waals surface area contributed by atoms with Gasteiger partial charge in [0.05, 0.1) is 5.75 Å². The number of amides is 2. The third-order valence-electron chi connectivity index (χ3n) is 4.79. The summed E-state index contributed by atoms with van der Waals surface area (Å²) in [6, 6.07) is 6.43. The second kappa shape index (κ2) is 9.93. The van der Waals surface area contributed by atoms with Crippen molar-refractivity contribution in [2.75, 3.05) is 5.75 Å². The molecule has 0 aliphatic heterocycles. The summed E-state index contributed by atoms with van der Waals surface area (Å²) >= 11 is 7.12. The molecule has 1 aliphatic rings. The zero-order chi connectivity index (χ0) is 19.9. The molecule has 1 aromatic heterocycles. The van der Waals surface area contributed by atoms with E-state index in [1.165, 1.54) is 31.0 Å². The number of halogens is 1. The SMILES string of the molecule is CCn1c(SCC(=O)NNC(=O)c2ccc(Cl)cc2)nnc1C1CCCCC1. The van der Waals surface area contributed by atoms with Gasteiger partial charge in [-0.3, -0.25) is 20.4 Å². The van der Waals surface area contributed by atoms with Crippen LogP contribution in [0.4, 0.5) is 0 Å². The van der Waals surface area contributed by atoms with E-state index in [9.17, 15) is 9.59 Å². The molecule has 1 heterocycles. The molecule has 2 N–H and O–H groups in total. The molecule has 3 rings (SSSR count). The van der Waals surface area contributed by atoms with Crippen molar-refractivity contribution < 1.29 is 9.59 Å². The summed E-state index contributed by atoms with van der Waals surface area (Å²) in [5.41, 5.74) is 5.24. The van der Waals surface area contributed by atoms with Crippen molar-refractivity contribution in [3.05, 3.63) is 40.7 Å². The van der Waals surface area contributed by atoms with Crippen LogP contribution in [0.2, 0.25) is 5.02 Å². The molecule has 0 atom stereocenters. The first-order valence-electron chi connectivity index (χ1n) is 9.49. The highest BCUT2D eigenvalue weighted by molar-refractivity contribution is 7.99. The number of carbonyl (C=O) groups is 2. The van der Waals surface area contributed by atoms with Crippen molar-refractivity contribution in [2.45, 2.75) is 56.6 Å². The third kappa shape index (κ3) is 5.26. The fraction of sp³-hybridized carbons (Fsp3) is 0.474. The molecule has 0 radical (unpaired) electrons. The van der Waals surface area contributed by atoms with Crippen molar-refractivity contribution >= 4 is 35.2 Å². The fourth-order valence-electron chi connectivity index (χ4n) is 3.33. The van der Waals surface area contributed by atoms with Crippen LogP contribution in [0, 0.1) is 0 Å². The van der Waals surface area contributed by atoms with Crippen molar-refractivity contribution in [1.29, 1.82) is 0 Å². The molecule has 0 saturated heterocycles. The number of nitrogens with zero attached hydrogens (tertiary/aromatic N) is 3. The van der Waals surface area contributed by atoms with Gasteiger partial charge >= 0.3 is 0 Å². The van der Waals surface area contributed by atoms with Crippen LogP contribution >= 0.6 is 23.4 Å². The van der Waals surface area contributed by atoms with E-state index in [-0.39, 0.29) is 11.7 Å². The monoisotopic (exact) mass is 421 g/mol. The van der Waals surface area contributed by atoms with Gasteiger partial charge in [0.2, 0.25) is 5.91 Å². The molecule has 0 spiro atoms. The maximum Gasteiger partial charge on any atom is 0.269 e. The van der Waals surface area contributed by atoms with Gasteiger partial charge in [-0.2, -0.15) is 0 Å². The summed E-state index contributed by atoms with van der Waals surface area (Å²) in [6.07, 6.45) is 6.07. The van der Waals surface area contributed by atoms with Gasteiger partial charge in [0.25, 0.3) is 5.91 Å². The fourth-order valence-corrected chi connectivity index (χ4v) is 4.27. The van der Waals surface area contributed by atoms with Crippen LogP contribution in [0.5, 0.6) is 0 Å². The summed E-state index contributed by atoms with van der Waals surface area (Å²) in [5, 5.41) is 9.95. The van der Waals surface area contributed by atoms with E-state index in [1.807, 2.05) is 0 Å². The number of thioether (sulfide) groups is 1. The molecule has 7 nitrogen and oxygen atoms in total. The summed E-state index contributed by atoms with van der Waals surface area (Å²) in [6.45, 7) is 2.84. The summed E-state index contributed by atoms with van der Waals surface area (Å²) in [7, 11) is 0. The minimum absolute atomic E-state index is 0.143. The molecule has 9 heteroatoms. The minimum Gasteiger partial charge on any atom is -0.306 e. The van der Waals surface area contributed by atoms with Crippen molar-refractivity contribution in [1.82, 2.24) is 25.6 Å². The number of hydrogen-bond donors (Lipinski definition) is 2. The minimum atomic E-state index is -0.397. The van der Waals surface area contributed by atoms with Gasteiger partial charge in [0, 0.05) is 23.0 Å². The van der Waals surface area contributed by atoms with Crippen LogP contribution < -0.4 is 10.9 Å². The molecule has 150 valence electrons. The number of hydrazine groups is 1. The van der Waals surface area contributed by atoms with Crippen LogP contribution in [-0.4, -0.2) is 32.3 Å².